The Morgan fingerprint density at radius 1 is 0.750 bits per heavy atom. The van der Waals surface area contributed by atoms with E-state index in [2.05, 4.69) is 19.9 Å². The maximum atomic E-state index is 4.41. The Hall–Kier alpha value is -2.36. The zero-order valence-corrected chi connectivity index (χ0v) is 8.41. The molecule has 0 bridgehead atoms. The largest absolute Gasteiger partial charge is 0.232 e. The molecule has 76 valence electrons. The third-order valence-corrected chi connectivity index (χ3v) is 2.27. The molecule has 0 aliphatic rings. The first kappa shape index (κ1) is 8.91. The second-order valence-corrected chi connectivity index (χ2v) is 3.32. The van der Waals surface area contributed by atoms with Gasteiger partial charge in [-0.05, 0) is 0 Å². The molecule has 0 N–H and O–H groups in total. The zero-order chi connectivity index (χ0) is 10.8. The molecular formula is C12H8N4. The Balaban J connectivity index is 2.19. The summed E-state index contributed by atoms with van der Waals surface area (Å²) in [5.74, 6) is 0. The SMILES string of the molecule is c1ccc(-c2cnc3nccnc3n2)cc1. The van der Waals surface area contributed by atoms with Gasteiger partial charge in [0.2, 0.25) is 0 Å². The summed E-state index contributed by atoms with van der Waals surface area (Å²) in [7, 11) is 0. The summed E-state index contributed by atoms with van der Waals surface area (Å²) in [5, 5.41) is 0. The highest BCUT2D eigenvalue weighted by Crippen LogP contribution is 2.16. The molecule has 2 heterocycles. The smallest absolute Gasteiger partial charge is 0.198 e. The van der Waals surface area contributed by atoms with Gasteiger partial charge in [0, 0.05) is 18.0 Å². The Morgan fingerprint density at radius 2 is 1.50 bits per heavy atom. The zero-order valence-electron chi connectivity index (χ0n) is 8.41. The lowest BCUT2D eigenvalue weighted by Crippen LogP contribution is -1.92. The number of rotatable bonds is 1. The van der Waals surface area contributed by atoms with Crippen LogP contribution in [0.5, 0.6) is 0 Å². The van der Waals surface area contributed by atoms with Gasteiger partial charge in [-0.2, -0.15) is 0 Å². The lowest BCUT2D eigenvalue weighted by molar-refractivity contribution is 1.16. The number of benzene rings is 1. The molecule has 0 saturated carbocycles. The predicted octanol–water partition coefficient (Wildman–Crippen LogP) is 2.09. The number of hydrogen-bond donors (Lipinski definition) is 0. The molecule has 0 saturated heterocycles. The highest BCUT2D eigenvalue weighted by Gasteiger charge is 2.02. The Morgan fingerprint density at radius 3 is 2.31 bits per heavy atom. The molecule has 16 heavy (non-hydrogen) atoms. The van der Waals surface area contributed by atoms with Crippen molar-refractivity contribution in [3.05, 3.63) is 48.9 Å². The monoisotopic (exact) mass is 208 g/mol. The van der Waals surface area contributed by atoms with Crippen molar-refractivity contribution in [2.24, 2.45) is 0 Å². The quantitative estimate of drug-likeness (QED) is 0.614. The van der Waals surface area contributed by atoms with Crippen molar-refractivity contribution in [1.82, 2.24) is 19.9 Å². The van der Waals surface area contributed by atoms with Gasteiger partial charge in [-0.1, -0.05) is 30.3 Å². The fourth-order valence-corrected chi connectivity index (χ4v) is 1.51. The molecule has 0 radical (unpaired) electrons. The fourth-order valence-electron chi connectivity index (χ4n) is 1.51. The fraction of sp³-hybridized carbons (Fsp3) is 0. The molecule has 0 amide bonds. The van der Waals surface area contributed by atoms with Crippen LogP contribution in [0.1, 0.15) is 0 Å². The second kappa shape index (κ2) is 3.66. The molecule has 0 fully saturated rings. The maximum absolute atomic E-state index is 4.41. The number of hydrogen-bond acceptors (Lipinski definition) is 4. The van der Waals surface area contributed by atoms with Gasteiger partial charge >= 0.3 is 0 Å². The van der Waals surface area contributed by atoms with E-state index in [0.717, 1.165) is 11.3 Å². The third-order valence-electron chi connectivity index (χ3n) is 2.27. The Bertz CT molecular complexity index is 622. The van der Waals surface area contributed by atoms with Gasteiger partial charge in [0.15, 0.2) is 11.3 Å². The van der Waals surface area contributed by atoms with Crippen LogP contribution in [0.3, 0.4) is 0 Å². The van der Waals surface area contributed by atoms with Crippen LogP contribution in [-0.4, -0.2) is 19.9 Å². The predicted molar refractivity (Wildman–Crippen MR) is 60.6 cm³/mol. The minimum Gasteiger partial charge on any atom is -0.232 e. The molecule has 3 aromatic rings. The molecule has 0 atom stereocenters. The van der Waals surface area contributed by atoms with Crippen molar-refractivity contribution in [2.75, 3.05) is 0 Å². The summed E-state index contributed by atoms with van der Waals surface area (Å²) in [4.78, 5) is 16.8. The van der Waals surface area contributed by atoms with Crippen molar-refractivity contribution in [2.45, 2.75) is 0 Å². The molecule has 4 nitrogen and oxygen atoms in total. The molecule has 1 aromatic carbocycles. The molecule has 0 aliphatic heterocycles. The van der Waals surface area contributed by atoms with Gasteiger partial charge in [-0.25, -0.2) is 19.9 Å². The van der Waals surface area contributed by atoms with Crippen molar-refractivity contribution in [3.63, 3.8) is 0 Å². The molecule has 3 rings (SSSR count). The van der Waals surface area contributed by atoms with E-state index in [0.29, 0.717) is 11.3 Å². The van der Waals surface area contributed by atoms with Gasteiger partial charge in [0.1, 0.15) is 0 Å². The summed E-state index contributed by atoms with van der Waals surface area (Å²) < 4.78 is 0. The van der Waals surface area contributed by atoms with Crippen molar-refractivity contribution >= 4 is 11.3 Å². The Kier molecular flexibility index (Phi) is 2.04. The van der Waals surface area contributed by atoms with E-state index in [4.69, 9.17) is 0 Å². The van der Waals surface area contributed by atoms with Crippen molar-refractivity contribution in [3.8, 4) is 11.3 Å². The molecule has 0 spiro atoms. The minimum atomic E-state index is 0.571. The number of nitrogens with zero attached hydrogens (tertiary/aromatic N) is 4. The van der Waals surface area contributed by atoms with E-state index in [1.807, 2.05) is 30.3 Å². The molecule has 2 aromatic heterocycles. The van der Waals surface area contributed by atoms with Crippen LogP contribution in [0.4, 0.5) is 0 Å². The maximum Gasteiger partial charge on any atom is 0.198 e. The van der Waals surface area contributed by atoms with Crippen molar-refractivity contribution < 1.29 is 0 Å². The average molecular weight is 208 g/mol. The van der Waals surface area contributed by atoms with Gasteiger partial charge < -0.3 is 0 Å². The molecule has 0 aliphatic carbocycles. The molecule has 4 heteroatoms. The summed E-state index contributed by atoms with van der Waals surface area (Å²) >= 11 is 0. The highest BCUT2D eigenvalue weighted by molar-refractivity contribution is 5.69. The summed E-state index contributed by atoms with van der Waals surface area (Å²) in [6.07, 6.45) is 4.94. The van der Waals surface area contributed by atoms with E-state index in [1.165, 1.54) is 0 Å². The third kappa shape index (κ3) is 1.50. The van der Waals surface area contributed by atoms with Crippen LogP contribution >= 0.6 is 0 Å². The van der Waals surface area contributed by atoms with Crippen LogP contribution in [0, 0.1) is 0 Å². The number of aromatic nitrogens is 4. The highest BCUT2D eigenvalue weighted by atomic mass is 15.0. The second-order valence-electron chi connectivity index (χ2n) is 3.32. The van der Waals surface area contributed by atoms with E-state index in [-0.39, 0.29) is 0 Å². The first-order chi connectivity index (χ1) is 7.93. The van der Waals surface area contributed by atoms with Crippen LogP contribution in [-0.2, 0) is 0 Å². The Labute approximate surface area is 92.0 Å². The lowest BCUT2D eigenvalue weighted by atomic mass is 10.2. The minimum absolute atomic E-state index is 0.571. The van der Waals surface area contributed by atoms with Gasteiger partial charge in [-0.15, -0.1) is 0 Å². The summed E-state index contributed by atoms with van der Waals surface area (Å²) in [6, 6.07) is 9.89. The van der Waals surface area contributed by atoms with E-state index in [9.17, 15) is 0 Å². The van der Waals surface area contributed by atoms with Crippen LogP contribution in [0.2, 0.25) is 0 Å². The first-order valence-corrected chi connectivity index (χ1v) is 4.93. The van der Waals surface area contributed by atoms with Crippen LogP contribution in [0.15, 0.2) is 48.9 Å². The van der Waals surface area contributed by atoms with Crippen LogP contribution in [0.25, 0.3) is 22.6 Å². The van der Waals surface area contributed by atoms with Crippen molar-refractivity contribution in [1.29, 1.82) is 0 Å². The van der Waals surface area contributed by atoms with E-state index < -0.39 is 0 Å². The van der Waals surface area contributed by atoms with Gasteiger partial charge in [0.05, 0.1) is 11.9 Å². The summed E-state index contributed by atoms with van der Waals surface area (Å²) in [5.41, 5.74) is 2.99. The first-order valence-electron chi connectivity index (χ1n) is 4.93. The van der Waals surface area contributed by atoms with Gasteiger partial charge in [-0.3, -0.25) is 0 Å². The molecular weight excluding hydrogens is 200 g/mol. The topological polar surface area (TPSA) is 51.6 Å². The summed E-state index contributed by atoms with van der Waals surface area (Å²) in [6.45, 7) is 0. The van der Waals surface area contributed by atoms with Gasteiger partial charge in [0.25, 0.3) is 0 Å². The lowest BCUT2D eigenvalue weighted by Gasteiger charge is -2.00. The van der Waals surface area contributed by atoms with E-state index in [1.54, 1.807) is 18.6 Å². The van der Waals surface area contributed by atoms with Crippen LogP contribution < -0.4 is 0 Å². The number of fused-ring (bicyclic) bond motifs is 1. The normalized spacial score (nSPS) is 10.5. The van der Waals surface area contributed by atoms with E-state index >= 15 is 0 Å². The average Bonchev–Trinajstić information content (AvgIpc) is 2.39. The molecule has 0 unspecified atom stereocenters. The standard InChI is InChI=1S/C12H8N4/c1-2-4-9(5-3-1)10-8-15-11-12(16-10)14-7-6-13-11/h1-8H.